The number of hydrogen-bond acceptors (Lipinski definition) is 6. The van der Waals surface area contributed by atoms with E-state index in [-0.39, 0.29) is 17.9 Å². The maximum Gasteiger partial charge on any atom is 0.338 e. The van der Waals surface area contributed by atoms with E-state index in [9.17, 15) is 19.5 Å². The predicted octanol–water partition coefficient (Wildman–Crippen LogP) is 5.06. The van der Waals surface area contributed by atoms with Crippen molar-refractivity contribution in [1.82, 2.24) is 0 Å². The molecule has 1 atom stereocenters. The van der Waals surface area contributed by atoms with Gasteiger partial charge in [0.1, 0.15) is 11.5 Å². The number of carbonyl (C=O) groups excluding carboxylic acids is 3. The molecule has 0 bridgehead atoms. The van der Waals surface area contributed by atoms with E-state index >= 15 is 0 Å². The average Bonchev–Trinajstić information content (AvgIpc) is 3.18. The molecule has 0 radical (unpaired) electrons. The molecular weight excluding hydrogens is 458 g/mol. The summed E-state index contributed by atoms with van der Waals surface area (Å²) in [6, 6.07) is 19.6. The number of aliphatic hydroxyl groups excluding tert-OH is 1. The number of ether oxygens (including phenoxy) is 2. The fourth-order valence-corrected chi connectivity index (χ4v) is 4.25. The van der Waals surface area contributed by atoms with Crippen molar-refractivity contribution in [2.24, 2.45) is 0 Å². The molecular formula is C29H27NO6. The zero-order valence-corrected chi connectivity index (χ0v) is 20.4. The number of nitrogens with zero attached hydrogens (tertiary/aromatic N) is 1. The summed E-state index contributed by atoms with van der Waals surface area (Å²) in [5.74, 6) is -1.77. The van der Waals surface area contributed by atoms with Gasteiger partial charge in [0.25, 0.3) is 11.7 Å². The van der Waals surface area contributed by atoms with Crippen LogP contribution >= 0.6 is 0 Å². The van der Waals surface area contributed by atoms with Crippen molar-refractivity contribution in [2.75, 3.05) is 18.6 Å². The molecule has 1 N–H and O–H groups in total. The first-order chi connectivity index (χ1) is 17.4. The van der Waals surface area contributed by atoms with Crippen molar-refractivity contribution in [2.45, 2.75) is 26.3 Å². The van der Waals surface area contributed by atoms with E-state index < -0.39 is 23.7 Å². The highest BCUT2D eigenvalue weighted by Crippen LogP contribution is 2.42. The molecule has 0 aliphatic carbocycles. The number of aliphatic hydroxyl groups is 1. The number of ketones is 1. The summed E-state index contributed by atoms with van der Waals surface area (Å²) in [5, 5.41) is 11.3. The number of carbonyl (C=O) groups is 3. The first-order valence-corrected chi connectivity index (χ1v) is 11.7. The Bertz CT molecular complexity index is 1320. The molecule has 1 aliphatic rings. The van der Waals surface area contributed by atoms with Crippen LogP contribution in [-0.4, -0.2) is 36.5 Å². The summed E-state index contributed by atoms with van der Waals surface area (Å²) in [6.45, 7) is 3.98. The van der Waals surface area contributed by atoms with E-state index in [0.29, 0.717) is 28.1 Å². The van der Waals surface area contributed by atoms with Crippen molar-refractivity contribution in [3.05, 3.63) is 101 Å². The van der Waals surface area contributed by atoms with Crippen molar-refractivity contribution in [1.29, 1.82) is 0 Å². The molecule has 4 rings (SSSR count). The standard InChI is InChI=1S/C29H27NO6/c1-4-18-9-11-19(12-10-18)26(31)24-25(21-7-6-8-23(17-21)35-3)30(28(33)27(24)32)22-15-13-20(14-16-22)29(34)36-5-2/h6-17,25,31H,4-5H2,1-3H3/b26-24+. The Hall–Kier alpha value is -4.39. The first kappa shape index (κ1) is 24.7. The van der Waals surface area contributed by atoms with Crippen LogP contribution in [0.1, 0.15) is 46.9 Å². The van der Waals surface area contributed by atoms with Crippen LogP contribution < -0.4 is 9.64 Å². The van der Waals surface area contributed by atoms with Gasteiger partial charge in [-0.05, 0) is 60.9 Å². The van der Waals surface area contributed by atoms with Gasteiger partial charge in [0.2, 0.25) is 0 Å². The van der Waals surface area contributed by atoms with Crippen LogP contribution in [0.2, 0.25) is 0 Å². The molecule has 3 aromatic rings. The van der Waals surface area contributed by atoms with Gasteiger partial charge < -0.3 is 14.6 Å². The molecule has 1 unspecified atom stereocenters. The number of esters is 1. The predicted molar refractivity (Wildman–Crippen MR) is 136 cm³/mol. The molecule has 0 aromatic heterocycles. The second kappa shape index (κ2) is 10.5. The number of anilines is 1. The number of hydrogen-bond donors (Lipinski definition) is 1. The van der Waals surface area contributed by atoms with Gasteiger partial charge in [-0.15, -0.1) is 0 Å². The van der Waals surface area contributed by atoms with Gasteiger partial charge in [-0.2, -0.15) is 0 Å². The van der Waals surface area contributed by atoms with Crippen molar-refractivity contribution in [3.8, 4) is 5.75 Å². The third-order valence-electron chi connectivity index (χ3n) is 6.15. The largest absolute Gasteiger partial charge is 0.507 e. The zero-order valence-electron chi connectivity index (χ0n) is 20.4. The topological polar surface area (TPSA) is 93.1 Å². The number of aryl methyl sites for hydroxylation is 1. The second-order valence-electron chi connectivity index (χ2n) is 8.26. The lowest BCUT2D eigenvalue weighted by molar-refractivity contribution is -0.132. The van der Waals surface area contributed by atoms with E-state index in [1.165, 1.54) is 12.0 Å². The van der Waals surface area contributed by atoms with E-state index in [1.54, 1.807) is 67.6 Å². The Morgan fingerprint density at radius 1 is 0.944 bits per heavy atom. The highest BCUT2D eigenvalue weighted by molar-refractivity contribution is 6.51. The van der Waals surface area contributed by atoms with E-state index in [0.717, 1.165) is 12.0 Å². The molecule has 184 valence electrons. The molecule has 1 aliphatic heterocycles. The molecule has 7 nitrogen and oxygen atoms in total. The Balaban J connectivity index is 1.86. The number of benzene rings is 3. The van der Waals surface area contributed by atoms with Gasteiger partial charge in [0.05, 0.1) is 30.9 Å². The lowest BCUT2D eigenvalue weighted by Crippen LogP contribution is -2.29. The highest BCUT2D eigenvalue weighted by Gasteiger charge is 2.47. The van der Waals surface area contributed by atoms with Crippen LogP contribution in [0, 0.1) is 0 Å². The van der Waals surface area contributed by atoms with E-state index in [4.69, 9.17) is 9.47 Å². The van der Waals surface area contributed by atoms with E-state index in [2.05, 4.69) is 0 Å². The maximum absolute atomic E-state index is 13.3. The number of methoxy groups -OCH3 is 1. The fraction of sp³-hybridized carbons (Fsp3) is 0.207. The van der Waals surface area contributed by atoms with Gasteiger partial charge in [-0.1, -0.05) is 43.3 Å². The maximum atomic E-state index is 13.3. The molecule has 36 heavy (non-hydrogen) atoms. The van der Waals surface area contributed by atoms with Crippen LogP contribution in [0.3, 0.4) is 0 Å². The van der Waals surface area contributed by atoms with Crippen LogP contribution in [0.4, 0.5) is 5.69 Å². The summed E-state index contributed by atoms with van der Waals surface area (Å²) < 4.78 is 10.4. The number of amides is 1. The molecule has 7 heteroatoms. The number of rotatable bonds is 7. The van der Waals surface area contributed by atoms with Crippen LogP contribution in [0.25, 0.3) is 5.76 Å². The summed E-state index contributed by atoms with van der Waals surface area (Å²) in [6.07, 6.45) is 0.830. The molecule has 1 heterocycles. The Morgan fingerprint density at radius 3 is 2.22 bits per heavy atom. The van der Waals surface area contributed by atoms with Gasteiger partial charge in [-0.3, -0.25) is 14.5 Å². The quantitative estimate of drug-likeness (QED) is 0.218. The molecule has 3 aromatic carbocycles. The monoisotopic (exact) mass is 485 g/mol. The smallest absolute Gasteiger partial charge is 0.338 e. The summed E-state index contributed by atoms with van der Waals surface area (Å²) in [7, 11) is 1.53. The lowest BCUT2D eigenvalue weighted by Gasteiger charge is -2.26. The van der Waals surface area contributed by atoms with Crippen LogP contribution in [0.15, 0.2) is 78.4 Å². The first-order valence-electron chi connectivity index (χ1n) is 11.7. The Kier molecular flexibility index (Phi) is 7.20. The molecule has 1 saturated heterocycles. The average molecular weight is 486 g/mol. The van der Waals surface area contributed by atoms with Crippen LogP contribution in [-0.2, 0) is 20.7 Å². The van der Waals surface area contributed by atoms with Crippen molar-refractivity contribution in [3.63, 3.8) is 0 Å². The SMILES string of the molecule is CCOC(=O)c1ccc(N2C(=O)C(=O)/C(=C(/O)c3ccc(CC)cc3)C2c2cccc(OC)c2)cc1. The molecule has 0 saturated carbocycles. The zero-order chi connectivity index (χ0) is 25.8. The minimum atomic E-state index is -0.903. The summed E-state index contributed by atoms with van der Waals surface area (Å²) in [5.41, 5.74) is 2.82. The van der Waals surface area contributed by atoms with E-state index in [1.807, 2.05) is 19.1 Å². The Labute approximate surface area is 209 Å². The minimum Gasteiger partial charge on any atom is -0.507 e. The molecule has 1 amide bonds. The minimum absolute atomic E-state index is 0.0213. The number of Topliss-reactive ketones (excluding diaryl/α,β-unsaturated/α-hetero) is 1. The van der Waals surface area contributed by atoms with Gasteiger partial charge in [0, 0.05) is 11.3 Å². The lowest BCUT2D eigenvalue weighted by atomic mass is 9.94. The van der Waals surface area contributed by atoms with Gasteiger partial charge in [0.15, 0.2) is 0 Å². The van der Waals surface area contributed by atoms with Crippen LogP contribution in [0.5, 0.6) is 5.75 Å². The molecule has 1 fully saturated rings. The fourth-order valence-electron chi connectivity index (χ4n) is 4.25. The highest BCUT2D eigenvalue weighted by atomic mass is 16.5. The third-order valence-corrected chi connectivity index (χ3v) is 6.15. The van der Waals surface area contributed by atoms with Crippen molar-refractivity contribution >= 4 is 29.1 Å². The summed E-state index contributed by atoms with van der Waals surface area (Å²) >= 11 is 0. The normalized spacial score (nSPS) is 16.8. The Morgan fingerprint density at radius 2 is 1.61 bits per heavy atom. The van der Waals surface area contributed by atoms with Gasteiger partial charge in [-0.25, -0.2) is 4.79 Å². The third kappa shape index (κ3) is 4.60. The van der Waals surface area contributed by atoms with Gasteiger partial charge >= 0.3 is 5.97 Å². The molecule has 0 spiro atoms. The summed E-state index contributed by atoms with van der Waals surface area (Å²) in [4.78, 5) is 40.0. The second-order valence-corrected chi connectivity index (χ2v) is 8.26. The van der Waals surface area contributed by atoms with Crippen molar-refractivity contribution < 1.29 is 29.0 Å².